The molecule has 3 aromatic rings. The van der Waals surface area contributed by atoms with Crippen LogP contribution in [0.15, 0.2) is 61.7 Å². The summed E-state index contributed by atoms with van der Waals surface area (Å²) in [6, 6.07) is 5.43. The van der Waals surface area contributed by atoms with Crippen LogP contribution in [0.2, 0.25) is 0 Å². The van der Waals surface area contributed by atoms with E-state index in [2.05, 4.69) is 41.9 Å². The van der Waals surface area contributed by atoms with Crippen LogP contribution in [0.4, 0.5) is 30.6 Å². The standard InChI is InChI=1S/C21H18F3N7O2/c1-2-19(32)31-11-15(12-31)28-18-10-25-9-17(30-18)13-7-26-20(27-8-13)29-14-4-3-5-16(6-14)33-21(22,23)24/h2-10,15H,1,11-12H2,(H,28,30)(H,26,27,29). The van der Waals surface area contributed by atoms with E-state index in [1.165, 1.54) is 36.7 Å². The quantitative estimate of drug-likeness (QED) is 0.521. The number of benzene rings is 1. The zero-order valence-corrected chi connectivity index (χ0v) is 17.1. The maximum Gasteiger partial charge on any atom is 0.573 e. The van der Waals surface area contributed by atoms with E-state index in [-0.39, 0.29) is 23.6 Å². The number of nitrogens with zero attached hydrogens (tertiary/aromatic N) is 5. The average molecular weight is 457 g/mol. The summed E-state index contributed by atoms with van der Waals surface area (Å²) < 4.78 is 41.1. The van der Waals surface area contributed by atoms with Crippen LogP contribution in [0.3, 0.4) is 0 Å². The summed E-state index contributed by atoms with van der Waals surface area (Å²) in [7, 11) is 0. The zero-order valence-electron chi connectivity index (χ0n) is 17.1. The lowest BCUT2D eigenvalue weighted by atomic mass is 10.1. The van der Waals surface area contributed by atoms with E-state index in [4.69, 9.17) is 0 Å². The molecule has 0 bridgehead atoms. The Labute approximate surface area is 186 Å². The SMILES string of the molecule is C=CC(=O)N1CC(Nc2cncc(-c3cnc(Nc4cccc(OC(F)(F)F)c4)nc3)n2)C1. The number of hydrogen-bond donors (Lipinski definition) is 2. The largest absolute Gasteiger partial charge is 0.573 e. The molecular weight excluding hydrogens is 439 g/mol. The predicted octanol–water partition coefficient (Wildman–Crippen LogP) is 3.38. The molecule has 33 heavy (non-hydrogen) atoms. The van der Waals surface area contributed by atoms with E-state index >= 15 is 0 Å². The summed E-state index contributed by atoms with van der Waals surface area (Å²) in [6.45, 7) is 4.57. The number of halogens is 3. The Bertz CT molecular complexity index is 1150. The molecule has 1 amide bonds. The van der Waals surface area contributed by atoms with E-state index in [0.29, 0.717) is 35.9 Å². The predicted molar refractivity (Wildman–Crippen MR) is 114 cm³/mol. The molecule has 0 radical (unpaired) electrons. The van der Waals surface area contributed by atoms with Crippen LogP contribution in [-0.4, -0.2) is 56.2 Å². The summed E-state index contributed by atoms with van der Waals surface area (Å²) in [6.07, 6.45) is 2.68. The van der Waals surface area contributed by atoms with Gasteiger partial charge in [-0.3, -0.25) is 9.78 Å². The van der Waals surface area contributed by atoms with Gasteiger partial charge in [-0.1, -0.05) is 12.6 Å². The maximum atomic E-state index is 12.4. The molecule has 170 valence electrons. The lowest BCUT2D eigenvalue weighted by Gasteiger charge is -2.39. The minimum atomic E-state index is -4.78. The third-order valence-electron chi connectivity index (χ3n) is 4.63. The molecule has 1 fully saturated rings. The highest BCUT2D eigenvalue weighted by Gasteiger charge is 2.31. The number of rotatable bonds is 7. The van der Waals surface area contributed by atoms with Crippen LogP contribution in [-0.2, 0) is 4.79 Å². The minimum Gasteiger partial charge on any atom is -0.406 e. The molecule has 12 heteroatoms. The van der Waals surface area contributed by atoms with Gasteiger partial charge in [0.1, 0.15) is 11.6 Å². The highest BCUT2D eigenvalue weighted by molar-refractivity contribution is 5.87. The Hall–Kier alpha value is -4.22. The topological polar surface area (TPSA) is 105 Å². The van der Waals surface area contributed by atoms with Crippen molar-refractivity contribution in [2.45, 2.75) is 12.4 Å². The van der Waals surface area contributed by atoms with Crippen LogP contribution < -0.4 is 15.4 Å². The number of aromatic nitrogens is 4. The minimum absolute atomic E-state index is 0.0679. The molecule has 3 heterocycles. The fraction of sp³-hybridized carbons (Fsp3) is 0.190. The van der Waals surface area contributed by atoms with Gasteiger partial charge in [0.05, 0.1) is 24.1 Å². The first kappa shape index (κ1) is 22.0. The van der Waals surface area contributed by atoms with Gasteiger partial charge >= 0.3 is 6.36 Å². The van der Waals surface area contributed by atoms with Crippen LogP contribution >= 0.6 is 0 Å². The highest BCUT2D eigenvalue weighted by atomic mass is 19.4. The number of hydrogen-bond acceptors (Lipinski definition) is 8. The van der Waals surface area contributed by atoms with Gasteiger partial charge in [-0.25, -0.2) is 15.0 Å². The van der Waals surface area contributed by atoms with Gasteiger partial charge < -0.3 is 20.3 Å². The van der Waals surface area contributed by atoms with Crippen molar-refractivity contribution in [1.29, 1.82) is 0 Å². The van der Waals surface area contributed by atoms with E-state index in [1.54, 1.807) is 23.4 Å². The summed E-state index contributed by atoms with van der Waals surface area (Å²) >= 11 is 0. The van der Waals surface area contributed by atoms with Gasteiger partial charge in [0, 0.05) is 42.8 Å². The Morgan fingerprint density at radius 3 is 2.64 bits per heavy atom. The molecule has 4 rings (SSSR count). The molecule has 0 saturated carbocycles. The van der Waals surface area contributed by atoms with Crippen LogP contribution in [0, 0.1) is 0 Å². The van der Waals surface area contributed by atoms with Crippen molar-refractivity contribution in [3.8, 4) is 17.0 Å². The second kappa shape index (κ2) is 9.10. The van der Waals surface area contributed by atoms with Crippen molar-refractivity contribution in [2.24, 2.45) is 0 Å². The molecule has 0 aliphatic carbocycles. The summed E-state index contributed by atoms with van der Waals surface area (Å²) in [4.78, 5) is 30.2. The number of carbonyl (C=O) groups excluding carboxylic acids is 1. The van der Waals surface area contributed by atoms with Gasteiger partial charge in [-0.05, 0) is 18.2 Å². The number of anilines is 3. The second-order valence-corrected chi connectivity index (χ2v) is 7.07. The molecule has 0 unspecified atom stereocenters. The van der Waals surface area contributed by atoms with E-state index in [0.717, 1.165) is 0 Å². The Balaban J connectivity index is 1.39. The number of nitrogens with one attached hydrogen (secondary N) is 2. The molecular formula is C21H18F3N7O2. The first-order valence-corrected chi connectivity index (χ1v) is 9.74. The lowest BCUT2D eigenvalue weighted by molar-refractivity contribution is -0.274. The smallest absolute Gasteiger partial charge is 0.406 e. The maximum absolute atomic E-state index is 12.4. The molecule has 0 atom stereocenters. The lowest BCUT2D eigenvalue weighted by Crippen LogP contribution is -2.56. The van der Waals surface area contributed by atoms with E-state index in [1.807, 2.05) is 0 Å². The molecule has 0 spiro atoms. The number of likely N-dealkylation sites (tertiary alicyclic amines) is 1. The summed E-state index contributed by atoms with van der Waals surface area (Å²) in [5.41, 5.74) is 1.47. The summed E-state index contributed by atoms with van der Waals surface area (Å²) in [5.74, 6) is 0.268. The monoisotopic (exact) mass is 457 g/mol. The Kier molecular flexibility index (Phi) is 6.07. The zero-order chi connectivity index (χ0) is 23.4. The van der Waals surface area contributed by atoms with Crippen molar-refractivity contribution >= 4 is 23.4 Å². The van der Waals surface area contributed by atoms with Crippen molar-refractivity contribution in [3.05, 3.63) is 61.7 Å². The highest BCUT2D eigenvalue weighted by Crippen LogP contribution is 2.26. The first-order chi connectivity index (χ1) is 15.8. The fourth-order valence-electron chi connectivity index (χ4n) is 3.09. The molecule has 1 aliphatic rings. The van der Waals surface area contributed by atoms with Crippen LogP contribution in [0.5, 0.6) is 5.75 Å². The first-order valence-electron chi connectivity index (χ1n) is 9.74. The van der Waals surface area contributed by atoms with E-state index in [9.17, 15) is 18.0 Å². The molecule has 1 saturated heterocycles. The van der Waals surface area contributed by atoms with Gasteiger partial charge in [-0.15, -0.1) is 13.2 Å². The molecule has 1 aliphatic heterocycles. The van der Waals surface area contributed by atoms with Crippen molar-refractivity contribution < 1.29 is 22.7 Å². The Morgan fingerprint density at radius 1 is 1.18 bits per heavy atom. The van der Waals surface area contributed by atoms with Crippen molar-refractivity contribution in [2.75, 3.05) is 23.7 Å². The number of ether oxygens (including phenoxy) is 1. The summed E-state index contributed by atoms with van der Waals surface area (Å²) in [5, 5.41) is 6.04. The molecule has 2 aromatic heterocycles. The van der Waals surface area contributed by atoms with Crippen LogP contribution in [0.1, 0.15) is 0 Å². The second-order valence-electron chi connectivity index (χ2n) is 7.07. The van der Waals surface area contributed by atoms with Crippen molar-refractivity contribution in [1.82, 2.24) is 24.8 Å². The molecule has 2 N–H and O–H groups in total. The Morgan fingerprint density at radius 2 is 1.94 bits per heavy atom. The van der Waals surface area contributed by atoms with Gasteiger partial charge in [0.25, 0.3) is 0 Å². The number of carbonyl (C=O) groups is 1. The van der Waals surface area contributed by atoms with Gasteiger partial charge in [0.15, 0.2) is 0 Å². The normalized spacial score (nSPS) is 13.7. The van der Waals surface area contributed by atoms with Gasteiger partial charge in [-0.2, -0.15) is 0 Å². The third kappa shape index (κ3) is 5.73. The van der Waals surface area contributed by atoms with Crippen LogP contribution in [0.25, 0.3) is 11.3 Å². The van der Waals surface area contributed by atoms with Crippen molar-refractivity contribution in [3.63, 3.8) is 0 Å². The van der Waals surface area contributed by atoms with Gasteiger partial charge in [0.2, 0.25) is 11.9 Å². The number of amides is 1. The molecule has 9 nitrogen and oxygen atoms in total. The number of alkyl halides is 3. The third-order valence-corrected chi connectivity index (χ3v) is 4.63. The molecule has 1 aromatic carbocycles. The average Bonchev–Trinajstić information content (AvgIpc) is 2.75. The van der Waals surface area contributed by atoms with E-state index < -0.39 is 6.36 Å². The fourth-order valence-corrected chi connectivity index (χ4v) is 3.09.